The Morgan fingerprint density at radius 2 is 1.12 bits per heavy atom. The van der Waals surface area contributed by atoms with Crippen molar-refractivity contribution in [1.29, 1.82) is 0 Å². The molecule has 0 aromatic heterocycles. The number of rotatable bonds is 2. The molecule has 0 fully saturated rings. The Bertz CT molecular complexity index is 1080. The van der Waals surface area contributed by atoms with Crippen LogP contribution in [0.1, 0.15) is 45.2 Å². The molecule has 0 amide bonds. The van der Waals surface area contributed by atoms with Gasteiger partial charge < -0.3 is 0 Å². The summed E-state index contributed by atoms with van der Waals surface area (Å²) in [6.07, 6.45) is 0. The van der Waals surface area contributed by atoms with E-state index in [1.807, 2.05) is 48.5 Å². The first kappa shape index (κ1) is 14.8. The summed E-state index contributed by atoms with van der Waals surface area (Å²) in [5.74, 6) is -0.496. The molecule has 2 bridgehead atoms. The largest absolute Gasteiger partial charge is 0.350 e. The van der Waals surface area contributed by atoms with Crippen LogP contribution in [0.25, 0.3) is 0 Å². The number of hydrogen-bond donors (Lipinski definition) is 0. The molecule has 0 atom stereocenters. The maximum Gasteiger partial charge on any atom is 0.350 e. The minimum atomic E-state index is -0.668. The summed E-state index contributed by atoms with van der Waals surface area (Å²) in [6.45, 7) is 0. The molecule has 0 saturated heterocycles. The second-order valence-corrected chi connectivity index (χ2v) is 6.57. The molecule has 26 heavy (non-hydrogen) atoms. The fraction of sp³-hybridized carbons (Fsp3) is 0.100. The van der Waals surface area contributed by atoms with Gasteiger partial charge in [-0.15, -0.1) is 0 Å². The average Bonchev–Trinajstić information content (AvgIpc) is 2.66. The first-order valence-corrected chi connectivity index (χ1v) is 8.22. The van der Waals surface area contributed by atoms with Crippen LogP contribution in [0.4, 0.5) is 11.4 Å². The smallest absolute Gasteiger partial charge is 0.258 e. The van der Waals surface area contributed by atoms with E-state index in [2.05, 4.69) is 0 Å². The Morgan fingerprint density at radius 3 is 1.58 bits per heavy atom. The Kier molecular flexibility index (Phi) is 2.83. The third kappa shape index (κ3) is 1.70. The molecule has 0 N–H and O–H groups in total. The van der Waals surface area contributed by atoms with Crippen molar-refractivity contribution < 1.29 is 9.85 Å². The fourth-order valence-corrected chi connectivity index (χ4v) is 4.56. The Labute approximate surface area is 148 Å². The van der Waals surface area contributed by atoms with E-state index in [4.69, 9.17) is 0 Å². The van der Waals surface area contributed by atoms with Gasteiger partial charge in [-0.2, -0.15) is 0 Å². The third-order valence-electron chi connectivity index (χ3n) is 5.44. The standard InChI is InChI=1S/C20H12N2O4/c23-21(24)16-10-9-15-17-11-5-1-3-7-13(11)18(19(15)20(16)22(25)26)14-8-4-2-6-12(14)17/h1-10,17-18H. The second kappa shape index (κ2) is 4.98. The molecule has 3 aromatic carbocycles. The lowest BCUT2D eigenvalue weighted by molar-refractivity contribution is -0.423. The molecule has 3 aliphatic rings. The lowest BCUT2D eigenvalue weighted by Gasteiger charge is -2.41. The van der Waals surface area contributed by atoms with Gasteiger partial charge in [-0.3, -0.25) is 20.2 Å². The molecule has 0 saturated carbocycles. The van der Waals surface area contributed by atoms with Crippen LogP contribution in [-0.4, -0.2) is 9.85 Å². The van der Waals surface area contributed by atoms with E-state index < -0.39 is 15.5 Å². The van der Waals surface area contributed by atoms with Crippen molar-refractivity contribution in [2.45, 2.75) is 11.8 Å². The lowest BCUT2D eigenvalue weighted by atomic mass is 9.60. The topological polar surface area (TPSA) is 86.3 Å². The van der Waals surface area contributed by atoms with Crippen molar-refractivity contribution in [2.75, 3.05) is 0 Å². The molecule has 0 aliphatic heterocycles. The quantitative estimate of drug-likeness (QED) is 0.349. The first-order chi connectivity index (χ1) is 12.6. The zero-order chi connectivity index (χ0) is 18.0. The van der Waals surface area contributed by atoms with E-state index >= 15 is 0 Å². The first-order valence-electron chi connectivity index (χ1n) is 8.22. The molecule has 3 aromatic rings. The molecule has 126 valence electrons. The summed E-state index contributed by atoms with van der Waals surface area (Å²) in [6, 6.07) is 18.7. The molecule has 0 radical (unpaired) electrons. The van der Waals surface area contributed by atoms with E-state index in [1.54, 1.807) is 6.07 Å². The van der Waals surface area contributed by atoms with E-state index in [0.717, 1.165) is 27.8 Å². The number of nitro benzene ring substituents is 2. The minimum absolute atomic E-state index is 0.137. The highest BCUT2D eigenvalue weighted by Gasteiger charge is 2.47. The third-order valence-corrected chi connectivity index (χ3v) is 5.44. The molecule has 6 heteroatoms. The number of nitro groups is 2. The molecule has 3 aliphatic carbocycles. The summed E-state index contributed by atoms with van der Waals surface area (Å²) in [5.41, 5.74) is 4.65. The predicted octanol–water partition coefficient (Wildman–Crippen LogP) is 4.49. The van der Waals surface area contributed by atoms with Gasteiger partial charge in [-0.05, 0) is 27.8 Å². The molecular formula is C20H12N2O4. The van der Waals surface area contributed by atoms with Gasteiger partial charge in [0.15, 0.2) is 0 Å². The molecule has 0 unspecified atom stereocenters. The normalized spacial score (nSPS) is 18.6. The second-order valence-electron chi connectivity index (χ2n) is 6.57. The van der Waals surface area contributed by atoms with E-state index in [0.29, 0.717) is 5.56 Å². The van der Waals surface area contributed by atoms with Crippen molar-refractivity contribution in [3.63, 3.8) is 0 Å². The van der Waals surface area contributed by atoms with Gasteiger partial charge in [0, 0.05) is 17.9 Å². The highest BCUT2D eigenvalue weighted by Crippen LogP contribution is 2.58. The van der Waals surface area contributed by atoms with E-state index in [-0.39, 0.29) is 17.5 Å². The molecule has 6 rings (SSSR count). The summed E-state index contributed by atoms with van der Waals surface area (Å²) in [5, 5.41) is 23.2. The zero-order valence-electron chi connectivity index (χ0n) is 13.5. The zero-order valence-corrected chi connectivity index (χ0v) is 13.5. The maximum atomic E-state index is 11.8. The highest BCUT2D eigenvalue weighted by molar-refractivity contribution is 5.75. The van der Waals surface area contributed by atoms with Gasteiger partial charge in [0.05, 0.1) is 15.4 Å². The van der Waals surface area contributed by atoms with Gasteiger partial charge in [-0.25, -0.2) is 0 Å². The van der Waals surface area contributed by atoms with Crippen LogP contribution in [0, 0.1) is 20.2 Å². The van der Waals surface area contributed by atoms with Crippen molar-refractivity contribution in [3.8, 4) is 0 Å². The van der Waals surface area contributed by atoms with Crippen LogP contribution < -0.4 is 0 Å². The van der Waals surface area contributed by atoms with Crippen LogP contribution in [-0.2, 0) is 0 Å². The van der Waals surface area contributed by atoms with Crippen LogP contribution in [0.2, 0.25) is 0 Å². The fourth-order valence-electron chi connectivity index (χ4n) is 4.56. The maximum absolute atomic E-state index is 11.8. The molecule has 0 heterocycles. The van der Waals surface area contributed by atoms with E-state index in [9.17, 15) is 20.2 Å². The Morgan fingerprint density at radius 1 is 0.615 bits per heavy atom. The molecule has 6 nitrogen and oxygen atoms in total. The van der Waals surface area contributed by atoms with Crippen molar-refractivity contribution >= 4 is 11.4 Å². The van der Waals surface area contributed by atoms with Crippen molar-refractivity contribution in [1.82, 2.24) is 0 Å². The number of nitrogens with zero attached hydrogens (tertiary/aromatic N) is 2. The van der Waals surface area contributed by atoms with Gasteiger partial charge in [0.25, 0.3) is 0 Å². The predicted molar refractivity (Wildman–Crippen MR) is 94.5 cm³/mol. The summed E-state index contributed by atoms with van der Waals surface area (Å²) >= 11 is 0. The van der Waals surface area contributed by atoms with Crippen molar-refractivity contribution in [3.05, 3.63) is 114 Å². The summed E-state index contributed by atoms with van der Waals surface area (Å²) in [7, 11) is 0. The Balaban J connectivity index is 1.93. The summed E-state index contributed by atoms with van der Waals surface area (Å²) < 4.78 is 0. The molecular weight excluding hydrogens is 332 g/mol. The lowest BCUT2D eigenvalue weighted by Crippen LogP contribution is -2.28. The Hall–Kier alpha value is -3.54. The SMILES string of the molecule is O=[N+]([O-])c1ccc2c(c1[N+](=O)[O-])C1c3ccccc3C2c2ccccc21. The van der Waals surface area contributed by atoms with Gasteiger partial charge in [0.2, 0.25) is 0 Å². The average molecular weight is 344 g/mol. The van der Waals surface area contributed by atoms with Gasteiger partial charge in [0.1, 0.15) is 0 Å². The molecule has 0 spiro atoms. The van der Waals surface area contributed by atoms with Gasteiger partial charge in [-0.1, -0.05) is 54.6 Å². The number of benzene rings is 3. The summed E-state index contributed by atoms with van der Waals surface area (Å²) in [4.78, 5) is 21.9. The van der Waals surface area contributed by atoms with Crippen LogP contribution >= 0.6 is 0 Å². The van der Waals surface area contributed by atoms with Gasteiger partial charge >= 0.3 is 11.4 Å². The van der Waals surface area contributed by atoms with Crippen molar-refractivity contribution in [2.24, 2.45) is 0 Å². The van der Waals surface area contributed by atoms with Crippen LogP contribution in [0.15, 0.2) is 60.7 Å². The van der Waals surface area contributed by atoms with E-state index in [1.165, 1.54) is 6.07 Å². The number of hydrogen-bond acceptors (Lipinski definition) is 4. The monoisotopic (exact) mass is 344 g/mol. The van der Waals surface area contributed by atoms with Crippen LogP contribution in [0.3, 0.4) is 0 Å². The highest BCUT2D eigenvalue weighted by atomic mass is 16.6. The minimum Gasteiger partial charge on any atom is -0.258 e. The van der Waals surface area contributed by atoms with Crippen LogP contribution in [0.5, 0.6) is 0 Å².